The Morgan fingerprint density at radius 2 is 2.36 bits per heavy atom. The largest absolute Gasteiger partial charge is 0.367 e. The van der Waals surface area contributed by atoms with Gasteiger partial charge in [-0.2, -0.15) is 0 Å². The van der Waals surface area contributed by atoms with Gasteiger partial charge in [-0.15, -0.1) is 0 Å². The first-order valence-corrected chi connectivity index (χ1v) is 4.15. The van der Waals surface area contributed by atoms with Gasteiger partial charge in [0.05, 0.1) is 6.04 Å². The minimum Gasteiger partial charge on any atom is -0.367 e. The highest BCUT2D eigenvalue weighted by Crippen LogP contribution is 2.49. The van der Waals surface area contributed by atoms with E-state index in [0.717, 1.165) is 12.5 Å². The summed E-state index contributed by atoms with van der Waals surface area (Å²) in [6, 6.07) is 0.255. The van der Waals surface area contributed by atoms with Gasteiger partial charge in [-0.1, -0.05) is 0 Å². The Kier molecular flexibility index (Phi) is 1.67. The van der Waals surface area contributed by atoms with Gasteiger partial charge in [-0.05, 0) is 25.3 Å². The third kappa shape index (κ3) is 1.08. The molecule has 0 spiro atoms. The summed E-state index contributed by atoms with van der Waals surface area (Å²) >= 11 is 0. The van der Waals surface area contributed by atoms with Crippen molar-refractivity contribution in [2.45, 2.75) is 18.8 Å². The number of methoxy groups -OCH3 is 1. The van der Waals surface area contributed by atoms with Gasteiger partial charge in [-0.3, -0.25) is 4.90 Å². The fourth-order valence-electron chi connectivity index (χ4n) is 2.29. The molecule has 0 aromatic heterocycles. The number of hydrogen-bond donors (Lipinski definition) is 1. The molecular formula is C8H15NO2. The number of likely N-dealkylation sites (tertiary alicyclic amines) is 1. The van der Waals surface area contributed by atoms with Crippen LogP contribution in [-0.4, -0.2) is 43.0 Å². The molecular weight excluding hydrogens is 142 g/mol. The van der Waals surface area contributed by atoms with E-state index in [-0.39, 0.29) is 6.04 Å². The Hall–Kier alpha value is -0.120. The zero-order valence-corrected chi connectivity index (χ0v) is 7.03. The van der Waals surface area contributed by atoms with Crippen molar-refractivity contribution in [2.75, 3.05) is 20.7 Å². The first-order valence-electron chi connectivity index (χ1n) is 4.15. The quantitative estimate of drug-likeness (QED) is 0.568. The van der Waals surface area contributed by atoms with Crippen molar-refractivity contribution in [3.8, 4) is 0 Å². The smallest absolute Gasteiger partial charge is 0.170 e. The first kappa shape index (κ1) is 7.53. The Morgan fingerprint density at radius 1 is 1.64 bits per heavy atom. The van der Waals surface area contributed by atoms with Crippen LogP contribution in [0, 0.1) is 11.8 Å². The van der Waals surface area contributed by atoms with E-state index in [0.29, 0.717) is 5.92 Å². The average molecular weight is 157 g/mol. The fraction of sp³-hybridized carbons (Fsp3) is 1.00. The van der Waals surface area contributed by atoms with E-state index in [4.69, 9.17) is 4.74 Å². The summed E-state index contributed by atoms with van der Waals surface area (Å²) in [7, 11) is 3.62. The van der Waals surface area contributed by atoms with E-state index in [1.807, 2.05) is 0 Å². The van der Waals surface area contributed by atoms with E-state index in [1.54, 1.807) is 7.11 Å². The van der Waals surface area contributed by atoms with Gasteiger partial charge < -0.3 is 9.84 Å². The predicted octanol–water partition coefficient (Wildman–Crippen LogP) is -0.0987. The van der Waals surface area contributed by atoms with Crippen molar-refractivity contribution in [3.05, 3.63) is 0 Å². The molecule has 2 rings (SSSR count). The molecule has 0 aromatic carbocycles. The van der Waals surface area contributed by atoms with E-state index >= 15 is 0 Å². The highest BCUT2D eigenvalue weighted by atomic mass is 16.6. The third-order valence-electron chi connectivity index (χ3n) is 2.98. The molecule has 3 nitrogen and oxygen atoms in total. The van der Waals surface area contributed by atoms with Gasteiger partial charge in [0.25, 0.3) is 0 Å². The molecule has 0 aromatic rings. The van der Waals surface area contributed by atoms with Crippen molar-refractivity contribution < 1.29 is 9.84 Å². The summed E-state index contributed by atoms with van der Waals surface area (Å²) in [5, 5.41) is 9.46. The molecule has 1 aliphatic heterocycles. The highest BCUT2D eigenvalue weighted by molar-refractivity contribution is 5.04. The third-order valence-corrected chi connectivity index (χ3v) is 2.98. The van der Waals surface area contributed by atoms with E-state index < -0.39 is 6.29 Å². The summed E-state index contributed by atoms with van der Waals surface area (Å²) < 4.78 is 4.92. The van der Waals surface area contributed by atoms with Crippen LogP contribution in [0.5, 0.6) is 0 Å². The van der Waals surface area contributed by atoms with E-state index in [9.17, 15) is 5.11 Å². The van der Waals surface area contributed by atoms with Crippen molar-refractivity contribution in [3.63, 3.8) is 0 Å². The molecule has 1 saturated carbocycles. The molecule has 0 amide bonds. The average Bonchev–Trinajstić information content (AvgIpc) is 2.63. The van der Waals surface area contributed by atoms with Crippen LogP contribution in [0.3, 0.4) is 0 Å². The van der Waals surface area contributed by atoms with Crippen LogP contribution in [0.15, 0.2) is 0 Å². The zero-order valence-electron chi connectivity index (χ0n) is 7.03. The SMILES string of the molecule is CO[C@H](O)C1C2CC2CN1C. The molecule has 2 fully saturated rings. The number of rotatable bonds is 2. The number of hydrogen-bond acceptors (Lipinski definition) is 3. The lowest BCUT2D eigenvalue weighted by Gasteiger charge is -2.26. The molecule has 11 heavy (non-hydrogen) atoms. The molecule has 2 aliphatic rings. The van der Waals surface area contributed by atoms with E-state index in [2.05, 4.69) is 11.9 Å². The zero-order chi connectivity index (χ0) is 8.01. The fourth-order valence-corrected chi connectivity index (χ4v) is 2.29. The van der Waals surface area contributed by atoms with Crippen LogP contribution in [0.25, 0.3) is 0 Å². The number of nitrogens with zero attached hydrogens (tertiary/aromatic N) is 1. The molecule has 64 valence electrons. The van der Waals surface area contributed by atoms with E-state index in [1.165, 1.54) is 6.42 Å². The number of aliphatic hydroxyl groups is 1. The second-order valence-electron chi connectivity index (χ2n) is 3.72. The Balaban J connectivity index is 2.00. The number of ether oxygens (including phenoxy) is 1. The van der Waals surface area contributed by atoms with Gasteiger partial charge in [0, 0.05) is 13.7 Å². The maximum Gasteiger partial charge on any atom is 0.170 e. The topological polar surface area (TPSA) is 32.7 Å². The van der Waals surface area contributed by atoms with Gasteiger partial charge >= 0.3 is 0 Å². The number of likely N-dealkylation sites (N-methyl/N-ethyl adjacent to an activating group) is 1. The van der Waals surface area contributed by atoms with Crippen molar-refractivity contribution >= 4 is 0 Å². The molecule has 3 heteroatoms. The molecule has 4 atom stereocenters. The lowest BCUT2D eigenvalue weighted by atomic mass is 10.2. The van der Waals surface area contributed by atoms with Crippen molar-refractivity contribution in [2.24, 2.45) is 11.8 Å². The minimum absolute atomic E-state index is 0.255. The highest BCUT2D eigenvalue weighted by Gasteiger charge is 2.53. The Morgan fingerprint density at radius 3 is 2.82 bits per heavy atom. The maximum absolute atomic E-state index is 9.46. The molecule has 1 aliphatic carbocycles. The summed E-state index contributed by atoms with van der Waals surface area (Å²) in [4.78, 5) is 2.20. The minimum atomic E-state index is -0.586. The molecule has 0 radical (unpaired) electrons. The van der Waals surface area contributed by atoms with Crippen molar-refractivity contribution in [1.29, 1.82) is 0 Å². The predicted molar refractivity (Wildman–Crippen MR) is 41.0 cm³/mol. The summed E-state index contributed by atoms with van der Waals surface area (Å²) in [5.74, 6) is 1.55. The van der Waals surface area contributed by atoms with Crippen molar-refractivity contribution in [1.82, 2.24) is 4.90 Å². The van der Waals surface area contributed by atoms with Gasteiger partial charge in [0.2, 0.25) is 0 Å². The summed E-state index contributed by atoms with van der Waals surface area (Å²) in [6.07, 6.45) is 0.701. The maximum atomic E-state index is 9.46. The van der Waals surface area contributed by atoms with Gasteiger partial charge in [0.1, 0.15) is 0 Å². The second-order valence-corrected chi connectivity index (χ2v) is 3.72. The standard InChI is InChI=1S/C8H15NO2/c1-9-4-5-3-6(5)7(9)8(10)11-2/h5-8,10H,3-4H2,1-2H3/t5?,6?,7?,8-/m0/s1. The Labute approximate surface area is 66.9 Å². The first-order chi connectivity index (χ1) is 5.24. The lowest BCUT2D eigenvalue weighted by molar-refractivity contribution is -0.119. The summed E-state index contributed by atoms with van der Waals surface area (Å²) in [6.45, 7) is 1.13. The van der Waals surface area contributed by atoms with Gasteiger partial charge in [0.15, 0.2) is 6.29 Å². The normalized spacial score (nSPS) is 45.5. The molecule has 1 N–H and O–H groups in total. The number of piperidine rings is 1. The Bertz CT molecular complexity index is 160. The van der Waals surface area contributed by atoms with Crippen LogP contribution >= 0.6 is 0 Å². The lowest BCUT2D eigenvalue weighted by Crippen LogP contribution is -2.40. The number of aliphatic hydroxyl groups excluding tert-OH is 1. The van der Waals surface area contributed by atoms with Crippen LogP contribution < -0.4 is 0 Å². The summed E-state index contributed by atoms with van der Waals surface area (Å²) in [5.41, 5.74) is 0. The van der Waals surface area contributed by atoms with Crippen LogP contribution in [0.2, 0.25) is 0 Å². The van der Waals surface area contributed by atoms with Crippen LogP contribution in [0.1, 0.15) is 6.42 Å². The van der Waals surface area contributed by atoms with Crippen LogP contribution in [0.4, 0.5) is 0 Å². The molecule has 3 unspecified atom stereocenters. The van der Waals surface area contributed by atoms with Gasteiger partial charge in [-0.25, -0.2) is 0 Å². The number of fused-ring (bicyclic) bond motifs is 1. The van der Waals surface area contributed by atoms with Crippen LogP contribution in [-0.2, 0) is 4.74 Å². The molecule has 0 bridgehead atoms. The molecule has 1 heterocycles. The second kappa shape index (κ2) is 2.44. The monoisotopic (exact) mass is 157 g/mol. The molecule has 1 saturated heterocycles.